The number of carbonyl (C=O) groups is 2. The summed E-state index contributed by atoms with van der Waals surface area (Å²) >= 11 is 0. The van der Waals surface area contributed by atoms with Crippen molar-refractivity contribution in [2.24, 2.45) is 5.92 Å². The highest BCUT2D eigenvalue weighted by molar-refractivity contribution is 5.77. The van der Waals surface area contributed by atoms with Gasteiger partial charge in [-0.25, -0.2) is 0 Å². The summed E-state index contributed by atoms with van der Waals surface area (Å²) in [7, 11) is 0. The van der Waals surface area contributed by atoms with Gasteiger partial charge in [-0.15, -0.1) is 0 Å². The lowest BCUT2D eigenvalue weighted by Crippen LogP contribution is -2.35. The largest absolute Gasteiger partial charge is 0.466 e. The van der Waals surface area contributed by atoms with Crippen molar-refractivity contribution < 1.29 is 14.3 Å². The van der Waals surface area contributed by atoms with Crippen LogP contribution in [-0.2, 0) is 14.3 Å². The molecule has 0 rings (SSSR count). The van der Waals surface area contributed by atoms with E-state index in [2.05, 4.69) is 12.2 Å². The fourth-order valence-corrected chi connectivity index (χ4v) is 1.32. The number of nitrogens with one attached hydrogen (secondary N) is 1. The molecule has 0 bridgehead atoms. The zero-order chi connectivity index (χ0) is 12.6. The molecule has 0 fully saturated rings. The Morgan fingerprint density at radius 2 is 1.81 bits per heavy atom. The van der Waals surface area contributed by atoms with Crippen LogP contribution in [0.4, 0.5) is 0 Å². The van der Waals surface area contributed by atoms with Gasteiger partial charge in [-0.2, -0.15) is 0 Å². The quantitative estimate of drug-likeness (QED) is 0.678. The third-order valence-electron chi connectivity index (χ3n) is 2.42. The number of rotatable bonds is 7. The molecule has 4 nitrogen and oxygen atoms in total. The number of hydrogen-bond donors (Lipinski definition) is 1. The highest BCUT2D eigenvalue weighted by Gasteiger charge is 2.13. The minimum Gasteiger partial charge on any atom is -0.466 e. The summed E-state index contributed by atoms with van der Waals surface area (Å²) in [6.07, 6.45) is 1.74. The Balaban J connectivity index is 3.82. The Morgan fingerprint density at radius 1 is 1.19 bits per heavy atom. The molecule has 16 heavy (non-hydrogen) atoms. The maximum absolute atomic E-state index is 11.5. The Morgan fingerprint density at radius 3 is 2.31 bits per heavy atom. The van der Waals surface area contributed by atoms with Crippen LogP contribution in [0.1, 0.15) is 47.0 Å². The monoisotopic (exact) mass is 229 g/mol. The summed E-state index contributed by atoms with van der Waals surface area (Å²) in [4.78, 5) is 22.6. The summed E-state index contributed by atoms with van der Waals surface area (Å²) < 4.78 is 4.81. The van der Waals surface area contributed by atoms with Gasteiger partial charge in [-0.1, -0.05) is 20.3 Å². The third-order valence-corrected chi connectivity index (χ3v) is 2.42. The molecular formula is C12H23NO3. The second-order valence-electron chi connectivity index (χ2n) is 4.20. The van der Waals surface area contributed by atoms with Gasteiger partial charge in [0.15, 0.2) is 0 Å². The smallest absolute Gasteiger partial charge is 0.307 e. The fraction of sp³-hybridized carbons (Fsp3) is 0.833. The van der Waals surface area contributed by atoms with Crippen molar-refractivity contribution in [3.05, 3.63) is 0 Å². The number of ether oxygens (including phenoxy) is 1. The molecule has 0 aromatic heterocycles. The van der Waals surface area contributed by atoms with Crippen LogP contribution in [0.2, 0.25) is 0 Å². The Labute approximate surface area is 97.7 Å². The molecule has 0 spiro atoms. The normalized spacial score (nSPS) is 14.0. The standard InChI is InChI=1S/C12H23NO3/c1-5-9(3)7-11(14)13-10(4)8-12(15)16-6-2/h9-10H,5-8H2,1-4H3,(H,13,14). The molecule has 0 saturated carbocycles. The molecule has 0 radical (unpaired) electrons. The van der Waals surface area contributed by atoms with Gasteiger partial charge >= 0.3 is 5.97 Å². The lowest BCUT2D eigenvalue weighted by atomic mass is 10.0. The second kappa shape index (κ2) is 8.13. The van der Waals surface area contributed by atoms with E-state index in [1.807, 2.05) is 13.8 Å². The van der Waals surface area contributed by atoms with E-state index in [0.29, 0.717) is 18.9 Å². The first-order chi connectivity index (χ1) is 7.49. The molecule has 4 heteroatoms. The average Bonchev–Trinajstić information content (AvgIpc) is 2.16. The molecule has 2 unspecified atom stereocenters. The molecule has 1 amide bonds. The van der Waals surface area contributed by atoms with Crippen molar-refractivity contribution in [1.82, 2.24) is 5.32 Å². The van der Waals surface area contributed by atoms with Crippen molar-refractivity contribution >= 4 is 11.9 Å². The first kappa shape index (κ1) is 14.9. The van der Waals surface area contributed by atoms with E-state index in [0.717, 1.165) is 6.42 Å². The molecule has 2 atom stereocenters. The molecule has 0 aromatic rings. The fourth-order valence-electron chi connectivity index (χ4n) is 1.32. The van der Waals surface area contributed by atoms with Crippen molar-refractivity contribution in [3.63, 3.8) is 0 Å². The van der Waals surface area contributed by atoms with Gasteiger partial charge in [0, 0.05) is 12.5 Å². The van der Waals surface area contributed by atoms with Gasteiger partial charge < -0.3 is 10.1 Å². The molecule has 0 aliphatic heterocycles. The van der Waals surface area contributed by atoms with Crippen LogP contribution in [0.25, 0.3) is 0 Å². The predicted molar refractivity (Wildman–Crippen MR) is 62.9 cm³/mol. The second-order valence-corrected chi connectivity index (χ2v) is 4.20. The first-order valence-corrected chi connectivity index (χ1v) is 5.94. The number of esters is 1. The van der Waals surface area contributed by atoms with Crippen LogP contribution >= 0.6 is 0 Å². The lowest BCUT2D eigenvalue weighted by Gasteiger charge is -2.14. The van der Waals surface area contributed by atoms with Crippen LogP contribution in [0.15, 0.2) is 0 Å². The Hall–Kier alpha value is -1.06. The Bertz CT molecular complexity index is 228. The van der Waals surface area contributed by atoms with Crippen molar-refractivity contribution in [1.29, 1.82) is 0 Å². The van der Waals surface area contributed by atoms with Crippen molar-refractivity contribution in [3.8, 4) is 0 Å². The van der Waals surface area contributed by atoms with Crippen LogP contribution in [0.3, 0.4) is 0 Å². The zero-order valence-electron chi connectivity index (χ0n) is 10.7. The van der Waals surface area contributed by atoms with Gasteiger partial charge in [0.05, 0.1) is 13.0 Å². The van der Waals surface area contributed by atoms with Crippen molar-refractivity contribution in [2.45, 2.75) is 53.0 Å². The van der Waals surface area contributed by atoms with Crippen molar-refractivity contribution in [2.75, 3.05) is 6.61 Å². The summed E-state index contributed by atoms with van der Waals surface area (Å²) in [6, 6.07) is -0.157. The van der Waals surface area contributed by atoms with Crippen LogP contribution < -0.4 is 5.32 Å². The van der Waals surface area contributed by atoms with E-state index in [1.54, 1.807) is 6.92 Å². The SMILES string of the molecule is CCOC(=O)CC(C)NC(=O)CC(C)CC. The summed E-state index contributed by atoms with van der Waals surface area (Å²) in [5.74, 6) is 0.125. The van der Waals surface area contributed by atoms with Gasteiger partial charge in [0.1, 0.15) is 0 Å². The highest BCUT2D eigenvalue weighted by Crippen LogP contribution is 2.06. The highest BCUT2D eigenvalue weighted by atomic mass is 16.5. The van der Waals surface area contributed by atoms with Gasteiger partial charge in [0.25, 0.3) is 0 Å². The number of carbonyl (C=O) groups excluding carboxylic acids is 2. The molecule has 0 aliphatic rings. The minimum atomic E-state index is -0.265. The van der Waals surface area contributed by atoms with Crippen LogP contribution in [0.5, 0.6) is 0 Å². The predicted octanol–water partition coefficient (Wildman–Crippen LogP) is 1.88. The lowest BCUT2D eigenvalue weighted by molar-refractivity contribution is -0.143. The minimum absolute atomic E-state index is 0.00569. The van der Waals surface area contributed by atoms with E-state index in [-0.39, 0.29) is 24.3 Å². The molecular weight excluding hydrogens is 206 g/mol. The van der Waals surface area contributed by atoms with Gasteiger partial charge in [0.2, 0.25) is 5.91 Å². The average molecular weight is 229 g/mol. The van der Waals surface area contributed by atoms with Crippen LogP contribution in [-0.4, -0.2) is 24.5 Å². The van der Waals surface area contributed by atoms with Gasteiger partial charge in [-0.05, 0) is 19.8 Å². The molecule has 94 valence electrons. The van der Waals surface area contributed by atoms with Crippen LogP contribution in [0, 0.1) is 5.92 Å². The van der Waals surface area contributed by atoms with E-state index in [1.165, 1.54) is 0 Å². The van der Waals surface area contributed by atoms with E-state index in [4.69, 9.17) is 4.74 Å². The summed E-state index contributed by atoms with van der Waals surface area (Å²) in [5.41, 5.74) is 0. The third kappa shape index (κ3) is 7.26. The molecule has 1 N–H and O–H groups in total. The maximum atomic E-state index is 11.5. The Kier molecular flexibility index (Phi) is 7.60. The van der Waals surface area contributed by atoms with E-state index in [9.17, 15) is 9.59 Å². The molecule has 0 aliphatic carbocycles. The molecule has 0 saturated heterocycles. The molecule has 0 aromatic carbocycles. The number of amides is 1. The van der Waals surface area contributed by atoms with Gasteiger partial charge in [-0.3, -0.25) is 9.59 Å². The number of hydrogen-bond acceptors (Lipinski definition) is 3. The first-order valence-electron chi connectivity index (χ1n) is 5.94. The maximum Gasteiger partial charge on any atom is 0.307 e. The summed E-state index contributed by atoms with van der Waals surface area (Å²) in [6.45, 7) is 8.05. The summed E-state index contributed by atoms with van der Waals surface area (Å²) in [5, 5.41) is 2.79. The topological polar surface area (TPSA) is 55.4 Å². The molecule has 0 heterocycles. The van der Waals surface area contributed by atoms with E-state index >= 15 is 0 Å². The van der Waals surface area contributed by atoms with E-state index < -0.39 is 0 Å². The zero-order valence-corrected chi connectivity index (χ0v) is 10.7.